The minimum atomic E-state index is -0.452. The number of halogens is 1. The fourth-order valence-corrected chi connectivity index (χ4v) is 2.34. The second-order valence-electron chi connectivity index (χ2n) is 4.96. The van der Waals surface area contributed by atoms with Crippen molar-refractivity contribution >= 4 is 24.0 Å². The van der Waals surface area contributed by atoms with Crippen LogP contribution in [0.3, 0.4) is 0 Å². The van der Waals surface area contributed by atoms with Gasteiger partial charge in [-0.2, -0.15) is 5.10 Å². The molecule has 9 heteroatoms. The maximum absolute atomic E-state index is 12.3. The number of amides is 1. The number of piperazine rings is 1. The molecule has 0 atom stereocenters. The number of hydrogen-bond acceptors (Lipinski definition) is 5. The summed E-state index contributed by atoms with van der Waals surface area (Å²) >= 11 is 0. The zero-order valence-corrected chi connectivity index (χ0v) is 13.0. The minimum absolute atomic E-state index is 0. The molecule has 0 aliphatic carbocycles. The summed E-state index contributed by atoms with van der Waals surface area (Å²) in [7, 11) is 0. The third-order valence-electron chi connectivity index (χ3n) is 3.54. The van der Waals surface area contributed by atoms with Crippen molar-refractivity contribution in [3.63, 3.8) is 0 Å². The van der Waals surface area contributed by atoms with Gasteiger partial charge in [-0.3, -0.25) is 14.9 Å². The normalized spacial score (nSPS) is 14.2. The van der Waals surface area contributed by atoms with Gasteiger partial charge in [-0.15, -0.1) is 12.4 Å². The van der Waals surface area contributed by atoms with Crippen LogP contribution in [0, 0.1) is 10.1 Å². The molecule has 0 spiro atoms. The van der Waals surface area contributed by atoms with Gasteiger partial charge in [-0.05, 0) is 18.2 Å². The number of carbonyl (C=O) groups excluding carboxylic acids is 1. The van der Waals surface area contributed by atoms with Crippen LogP contribution in [0.15, 0.2) is 36.5 Å². The standard InChI is InChI=1S/C14H15N5O3.ClH/c20-14(17-9-6-15-7-10-17)13-5-8-18(16-13)11-1-3-12(4-2-11)19(21)22;/h1-5,8,15H,6-7,9-10H2;1H. The Hall–Kier alpha value is -2.45. The zero-order valence-electron chi connectivity index (χ0n) is 12.2. The number of carbonyl (C=O) groups is 1. The van der Waals surface area contributed by atoms with Crippen LogP contribution < -0.4 is 5.32 Å². The summed E-state index contributed by atoms with van der Waals surface area (Å²) in [4.78, 5) is 24.3. The lowest BCUT2D eigenvalue weighted by molar-refractivity contribution is -0.384. The fourth-order valence-electron chi connectivity index (χ4n) is 2.34. The maximum Gasteiger partial charge on any atom is 0.274 e. The second kappa shape index (κ2) is 7.21. The van der Waals surface area contributed by atoms with Gasteiger partial charge in [-0.1, -0.05) is 0 Å². The fraction of sp³-hybridized carbons (Fsp3) is 0.286. The Kier molecular flexibility index (Phi) is 5.30. The van der Waals surface area contributed by atoms with Crippen LogP contribution in [0.25, 0.3) is 5.69 Å². The van der Waals surface area contributed by atoms with Crippen LogP contribution in [-0.2, 0) is 0 Å². The van der Waals surface area contributed by atoms with E-state index < -0.39 is 4.92 Å². The predicted molar refractivity (Wildman–Crippen MR) is 86.2 cm³/mol. The van der Waals surface area contributed by atoms with Crippen molar-refractivity contribution in [2.45, 2.75) is 0 Å². The van der Waals surface area contributed by atoms with Crippen molar-refractivity contribution in [2.75, 3.05) is 26.2 Å². The molecule has 1 saturated heterocycles. The molecule has 122 valence electrons. The molecule has 1 aromatic carbocycles. The average Bonchev–Trinajstić information content (AvgIpc) is 3.05. The Morgan fingerprint density at radius 3 is 2.43 bits per heavy atom. The number of nitro groups is 1. The van der Waals surface area contributed by atoms with Crippen molar-refractivity contribution < 1.29 is 9.72 Å². The molecule has 1 amide bonds. The van der Waals surface area contributed by atoms with Crippen molar-refractivity contribution in [3.05, 3.63) is 52.3 Å². The van der Waals surface area contributed by atoms with Crippen molar-refractivity contribution in [2.24, 2.45) is 0 Å². The molecule has 23 heavy (non-hydrogen) atoms. The number of rotatable bonds is 3. The first kappa shape index (κ1) is 16.9. The van der Waals surface area contributed by atoms with Crippen LogP contribution in [0.2, 0.25) is 0 Å². The van der Waals surface area contributed by atoms with Crippen LogP contribution in [0.5, 0.6) is 0 Å². The molecule has 8 nitrogen and oxygen atoms in total. The zero-order chi connectivity index (χ0) is 15.5. The smallest absolute Gasteiger partial charge is 0.274 e. The van der Waals surface area contributed by atoms with E-state index in [2.05, 4.69) is 10.4 Å². The van der Waals surface area contributed by atoms with E-state index in [-0.39, 0.29) is 24.0 Å². The first-order valence-electron chi connectivity index (χ1n) is 6.95. The molecule has 2 heterocycles. The Balaban J connectivity index is 0.00000192. The summed E-state index contributed by atoms with van der Waals surface area (Å²) in [6, 6.07) is 7.68. The lowest BCUT2D eigenvalue weighted by Crippen LogP contribution is -2.46. The van der Waals surface area contributed by atoms with Gasteiger partial charge in [0.1, 0.15) is 0 Å². The van der Waals surface area contributed by atoms with Crippen LogP contribution in [0.1, 0.15) is 10.5 Å². The van der Waals surface area contributed by atoms with Crippen LogP contribution in [-0.4, -0.2) is 51.7 Å². The highest BCUT2D eigenvalue weighted by Gasteiger charge is 2.20. The van der Waals surface area contributed by atoms with Gasteiger partial charge in [0, 0.05) is 44.5 Å². The summed E-state index contributed by atoms with van der Waals surface area (Å²) in [5.74, 6) is -0.0952. The molecule has 1 aliphatic rings. The molecule has 1 aliphatic heterocycles. The van der Waals surface area contributed by atoms with E-state index >= 15 is 0 Å². The summed E-state index contributed by atoms with van der Waals surface area (Å²) in [5.41, 5.74) is 1.07. The Morgan fingerprint density at radius 1 is 1.17 bits per heavy atom. The summed E-state index contributed by atoms with van der Waals surface area (Å²) < 4.78 is 1.54. The number of nitrogens with zero attached hydrogens (tertiary/aromatic N) is 4. The largest absolute Gasteiger partial charge is 0.335 e. The van der Waals surface area contributed by atoms with Gasteiger partial charge in [-0.25, -0.2) is 4.68 Å². The van der Waals surface area contributed by atoms with Gasteiger partial charge in [0.2, 0.25) is 0 Å². The first-order valence-corrected chi connectivity index (χ1v) is 6.95. The Bertz CT molecular complexity index is 695. The van der Waals surface area contributed by atoms with E-state index in [1.807, 2.05) is 0 Å². The van der Waals surface area contributed by atoms with Crippen LogP contribution >= 0.6 is 12.4 Å². The van der Waals surface area contributed by atoms with Crippen molar-refractivity contribution in [1.82, 2.24) is 20.0 Å². The highest BCUT2D eigenvalue weighted by molar-refractivity contribution is 5.92. The molecular weight excluding hydrogens is 322 g/mol. The van der Waals surface area contributed by atoms with Crippen molar-refractivity contribution in [3.8, 4) is 5.69 Å². The number of nitrogens with one attached hydrogen (secondary N) is 1. The third-order valence-corrected chi connectivity index (χ3v) is 3.54. The lowest BCUT2D eigenvalue weighted by atomic mass is 10.3. The van der Waals surface area contributed by atoms with Crippen molar-refractivity contribution in [1.29, 1.82) is 0 Å². The number of non-ortho nitro benzene ring substituents is 1. The summed E-state index contributed by atoms with van der Waals surface area (Å²) in [6.45, 7) is 2.91. The quantitative estimate of drug-likeness (QED) is 0.672. The topological polar surface area (TPSA) is 93.3 Å². The van der Waals surface area contributed by atoms with E-state index in [4.69, 9.17) is 0 Å². The number of aromatic nitrogens is 2. The van der Waals surface area contributed by atoms with E-state index in [1.54, 1.807) is 34.0 Å². The first-order chi connectivity index (χ1) is 10.6. The molecule has 0 unspecified atom stereocenters. The molecule has 3 rings (SSSR count). The van der Waals surface area contributed by atoms with Gasteiger partial charge < -0.3 is 10.2 Å². The molecule has 0 bridgehead atoms. The van der Waals surface area contributed by atoms with Gasteiger partial charge >= 0.3 is 0 Å². The second-order valence-corrected chi connectivity index (χ2v) is 4.96. The van der Waals surface area contributed by atoms with Gasteiger partial charge in [0.05, 0.1) is 10.6 Å². The molecule has 0 saturated carbocycles. The maximum atomic E-state index is 12.3. The highest BCUT2D eigenvalue weighted by atomic mass is 35.5. The molecule has 1 fully saturated rings. The molecule has 2 aromatic rings. The third kappa shape index (κ3) is 3.66. The SMILES string of the molecule is Cl.O=C(c1ccn(-c2ccc([N+](=O)[O-])cc2)n1)N1CCNCC1. The van der Waals surface area contributed by atoms with Crippen LogP contribution in [0.4, 0.5) is 5.69 Å². The van der Waals surface area contributed by atoms with Gasteiger partial charge in [0.15, 0.2) is 5.69 Å². The van der Waals surface area contributed by atoms with E-state index in [0.29, 0.717) is 24.5 Å². The summed E-state index contributed by atoms with van der Waals surface area (Å²) in [5, 5.41) is 18.1. The van der Waals surface area contributed by atoms with Gasteiger partial charge in [0.25, 0.3) is 11.6 Å². The number of benzene rings is 1. The monoisotopic (exact) mass is 337 g/mol. The average molecular weight is 338 g/mol. The summed E-state index contributed by atoms with van der Waals surface area (Å²) in [6.07, 6.45) is 1.68. The van der Waals surface area contributed by atoms with E-state index in [9.17, 15) is 14.9 Å². The molecule has 0 radical (unpaired) electrons. The Morgan fingerprint density at radius 2 is 1.83 bits per heavy atom. The number of hydrogen-bond donors (Lipinski definition) is 1. The molecule has 1 N–H and O–H groups in total. The van der Waals surface area contributed by atoms with E-state index in [0.717, 1.165) is 13.1 Å². The number of nitro benzene ring substituents is 1. The lowest BCUT2D eigenvalue weighted by Gasteiger charge is -2.26. The minimum Gasteiger partial charge on any atom is -0.335 e. The van der Waals surface area contributed by atoms with E-state index in [1.165, 1.54) is 12.1 Å². The highest BCUT2D eigenvalue weighted by Crippen LogP contribution is 2.15. The molecular formula is C14H16ClN5O3. The Labute approximate surface area is 138 Å². The predicted octanol–water partition coefficient (Wildman–Crippen LogP) is 1.25. The molecule has 1 aromatic heterocycles.